The van der Waals surface area contributed by atoms with Gasteiger partial charge in [-0.25, -0.2) is 4.79 Å². The highest BCUT2D eigenvalue weighted by atomic mass is 16.6. The third kappa shape index (κ3) is 23.9. The first-order chi connectivity index (χ1) is 29.8. The maximum absolute atomic E-state index is 13.4. The van der Waals surface area contributed by atoms with E-state index < -0.39 is 41.2 Å². The number of esters is 2. The summed E-state index contributed by atoms with van der Waals surface area (Å²) in [4.78, 5) is 85.0. The average molecular weight is 875 g/mol. The number of hydrogen-bond acceptors (Lipinski definition) is 12. The molecular weight excluding hydrogens is 797 g/mol. The van der Waals surface area contributed by atoms with Crippen LogP contribution in [0.2, 0.25) is 0 Å². The number of ketones is 4. The van der Waals surface area contributed by atoms with Crippen molar-refractivity contribution in [2.24, 2.45) is 0 Å². The Labute approximate surface area is 370 Å². The molecule has 5 unspecified atom stereocenters. The highest BCUT2D eigenvalue weighted by molar-refractivity contribution is 6.14. The molecule has 0 amide bonds. The lowest BCUT2D eigenvalue weighted by Gasteiger charge is -2.28. The van der Waals surface area contributed by atoms with Gasteiger partial charge in [0.25, 0.3) is 0 Å². The fraction of sp³-hybridized carbons (Fsp3) is 0.776. The van der Waals surface area contributed by atoms with Gasteiger partial charge in [0.05, 0.1) is 12.2 Å². The van der Waals surface area contributed by atoms with Crippen LogP contribution in [0.5, 0.6) is 0 Å². The molecule has 13 nitrogen and oxygen atoms in total. The van der Waals surface area contributed by atoms with Gasteiger partial charge in [-0.1, -0.05) is 101 Å². The quantitative estimate of drug-likeness (QED) is 0.0172. The molecular formula is C49H78O13. The standard InChI is InChI=1S/C49H78O13/c1-37(50)45-39(60-45)31-25-21-17-13-9-5-3-7-11-15-19-23-27-33-41(52)49(59,47(57)48(58)62-44(56)36-30-29-35-43(54)55)42(53)34-28-24-20-16-12-8-4-6-10-14-18-22-26-32-40-46(61-40)38(2)51/h3-6,39-40,45-47,57,59H,7-36H2,1-2H3,(H,54,55)/b5-3-,6-4-. The minimum Gasteiger partial charge on any atom is -0.481 e. The van der Waals surface area contributed by atoms with Crippen molar-refractivity contribution < 1.29 is 63.1 Å². The Morgan fingerprint density at radius 2 is 0.855 bits per heavy atom. The third-order valence-electron chi connectivity index (χ3n) is 11.8. The predicted octanol–water partition coefficient (Wildman–Crippen LogP) is 8.90. The summed E-state index contributed by atoms with van der Waals surface area (Å²) in [6.07, 6.45) is 27.9. The highest BCUT2D eigenvalue weighted by Crippen LogP contribution is 2.29. The van der Waals surface area contributed by atoms with Crippen molar-refractivity contribution in [3.63, 3.8) is 0 Å². The summed E-state index contributed by atoms with van der Waals surface area (Å²) in [7, 11) is 0. The van der Waals surface area contributed by atoms with Gasteiger partial charge in [0.2, 0.25) is 5.60 Å². The van der Waals surface area contributed by atoms with E-state index in [4.69, 9.17) is 14.6 Å². The minimum atomic E-state index is -3.04. The largest absolute Gasteiger partial charge is 0.481 e. The number of aliphatic carboxylic acids is 1. The summed E-state index contributed by atoms with van der Waals surface area (Å²) in [6.45, 7) is 3.15. The topological polar surface area (TPSA) is 214 Å². The Bertz CT molecular complexity index is 1360. The minimum absolute atomic E-state index is 0.120. The summed E-state index contributed by atoms with van der Waals surface area (Å²) in [5.74, 6) is -5.39. The maximum Gasteiger partial charge on any atom is 0.346 e. The number of unbranched alkanes of at least 4 members (excludes halogenated alkanes) is 19. The van der Waals surface area contributed by atoms with E-state index in [1.165, 1.54) is 0 Å². The van der Waals surface area contributed by atoms with E-state index in [2.05, 4.69) is 29.0 Å². The molecule has 3 N–H and O–H groups in total. The molecule has 0 aromatic carbocycles. The van der Waals surface area contributed by atoms with Crippen molar-refractivity contribution in [1.82, 2.24) is 0 Å². The molecule has 0 aromatic rings. The van der Waals surface area contributed by atoms with Crippen LogP contribution in [0.1, 0.15) is 206 Å². The van der Waals surface area contributed by atoms with Crippen molar-refractivity contribution in [1.29, 1.82) is 0 Å². The molecule has 0 spiro atoms. The van der Waals surface area contributed by atoms with Gasteiger partial charge < -0.3 is 29.5 Å². The van der Waals surface area contributed by atoms with Gasteiger partial charge in [-0.2, -0.15) is 0 Å². The van der Waals surface area contributed by atoms with E-state index in [-0.39, 0.29) is 74.5 Å². The number of aliphatic hydroxyl groups is 2. The fourth-order valence-electron chi connectivity index (χ4n) is 7.77. The number of hydrogen-bond donors (Lipinski definition) is 3. The zero-order valence-electron chi connectivity index (χ0n) is 37.8. The number of aliphatic hydroxyl groups excluding tert-OH is 1. The molecule has 2 saturated heterocycles. The van der Waals surface area contributed by atoms with Crippen molar-refractivity contribution in [2.75, 3.05) is 0 Å². The lowest BCUT2D eigenvalue weighted by Crippen LogP contribution is -2.59. The molecule has 2 fully saturated rings. The number of rotatable bonds is 41. The Balaban J connectivity index is 1.65. The van der Waals surface area contributed by atoms with Crippen LogP contribution in [0.25, 0.3) is 0 Å². The van der Waals surface area contributed by atoms with Gasteiger partial charge >= 0.3 is 17.9 Å². The Kier molecular flexibility index (Phi) is 28.5. The van der Waals surface area contributed by atoms with Crippen LogP contribution in [-0.4, -0.2) is 92.5 Å². The molecule has 352 valence electrons. The summed E-state index contributed by atoms with van der Waals surface area (Å²) in [6, 6.07) is 0. The second kappa shape index (κ2) is 32.3. The number of allylic oxidation sites excluding steroid dienone is 4. The number of carboxylic acid groups (broad SMARTS) is 1. The Morgan fingerprint density at radius 1 is 0.516 bits per heavy atom. The van der Waals surface area contributed by atoms with E-state index in [0.717, 1.165) is 128 Å². The highest BCUT2D eigenvalue weighted by Gasteiger charge is 2.53. The van der Waals surface area contributed by atoms with Crippen LogP contribution < -0.4 is 0 Å². The van der Waals surface area contributed by atoms with Crippen molar-refractivity contribution in [2.45, 2.75) is 243 Å². The molecule has 2 rings (SSSR count). The van der Waals surface area contributed by atoms with Crippen molar-refractivity contribution in [3.05, 3.63) is 24.3 Å². The molecule has 0 radical (unpaired) electrons. The molecule has 0 saturated carbocycles. The third-order valence-corrected chi connectivity index (χ3v) is 11.8. The molecule has 2 aliphatic rings. The molecule has 13 heteroatoms. The van der Waals surface area contributed by atoms with E-state index in [1.807, 2.05) is 0 Å². The first-order valence-corrected chi connectivity index (χ1v) is 23.8. The zero-order valence-corrected chi connectivity index (χ0v) is 37.8. The van der Waals surface area contributed by atoms with E-state index >= 15 is 0 Å². The van der Waals surface area contributed by atoms with E-state index in [0.29, 0.717) is 25.7 Å². The number of ether oxygens (including phenoxy) is 3. The van der Waals surface area contributed by atoms with Crippen molar-refractivity contribution >= 4 is 41.0 Å². The van der Waals surface area contributed by atoms with E-state index in [9.17, 15) is 43.8 Å². The van der Waals surface area contributed by atoms with Gasteiger partial charge in [0, 0.05) is 25.7 Å². The second-order valence-corrected chi connectivity index (χ2v) is 17.4. The lowest BCUT2D eigenvalue weighted by atomic mass is 9.82. The SMILES string of the molecule is CC(=O)C1OC1CCCCCC/C=C\CCCCCCCC(=O)C(O)(C(=O)CCCCCCC/C=C\CCCCCCC1OC1C(C)=O)C(O)C(=O)OC(=O)CCCCC(=O)O. The van der Waals surface area contributed by atoms with Crippen LogP contribution in [-0.2, 0) is 47.8 Å². The molecule has 2 heterocycles. The zero-order chi connectivity index (χ0) is 45.6. The Hall–Kier alpha value is -3.39. The molecule has 62 heavy (non-hydrogen) atoms. The number of carbonyl (C=O) groups is 7. The summed E-state index contributed by atoms with van der Waals surface area (Å²) in [5, 5.41) is 31.1. The van der Waals surface area contributed by atoms with Gasteiger partial charge in [-0.05, 0) is 104 Å². The first kappa shape index (κ1) is 54.7. The number of epoxide rings is 2. The monoisotopic (exact) mass is 875 g/mol. The maximum atomic E-state index is 13.4. The van der Waals surface area contributed by atoms with Crippen LogP contribution in [0.4, 0.5) is 0 Å². The van der Waals surface area contributed by atoms with Crippen LogP contribution in [0.15, 0.2) is 24.3 Å². The predicted molar refractivity (Wildman–Crippen MR) is 235 cm³/mol. The summed E-state index contributed by atoms with van der Waals surface area (Å²) in [5.41, 5.74) is -3.04. The second-order valence-electron chi connectivity index (χ2n) is 17.4. The van der Waals surface area contributed by atoms with Gasteiger partial charge in [0.15, 0.2) is 29.2 Å². The lowest BCUT2D eigenvalue weighted by molar-refractivity contribution is -0.184. The van der Waals surface area contributed by atoms with Crippen LogP contribution in [0.3, 0.4) is 0 Å². The Morgan fingerprint density at radius 3 is 1.23 bits per heavy atom. The molecule has 0 bridgehead atoms. The van der Waals surface area contributed by atoms with Crippen LogP contribution >= 0.6 is 0 Å². The normalized spacial score (nSPS) is 19.6. The first-order valence-electron chi connectivity index (χ1n) is 23.8. The number of Topliss-reactive ketones (excluding diaryl/α,β-unsaturated/α-hetero) is 4. The van der Waals surface area contributed by atoms with Gasteiger partial charge in [-0.15, -0.1) is 0 Å². The van der Waals surface area contributed by atoms with Gasteiger partial charge in [-0.3, -0.25) is 28.8 Å². The fourth-order valence-corrected chi connectivity index (χ4v) is 7.77. The van der Waals surface area contributed by atoms with Crippen LogP contribution in [0, 0.1) is 0 Å². The van der Waals surface area contributed by atoms with Gasteiger partial charge in [0.1, 0.15) is 12.2 Å². The number of carboxylic acids is 1. The molecule has 0 aliphatic carbocycles. The average Bonchev–Trinajstić information content (AvgIpc) is 4.17. The van der Waals surface area contributed by atoms with E-state index in [1.54, 1.807) is 13.8 Å². The molecule has 5 atom stereocenters. The summed E-state index contributed by atoms with van der Waals surface area (Å²) >= 11 is 0. The molecule has 0 aromatic heterocycles. The van der Waals surface area contributed by atoms with Crippen molar-refractivity contribution in [3.8, 4) is 0 Å². The summed E-state index contributed by atoms with van der Waals surface area (Å²) < 4.78 is 15.4. The smallest absolute Gasteiger partial charge is 0.346 e. The molecule has 2 aliphatic heterocycles. The number of carbonyl (C=O) groups excluding carboxylic acids is 6.